The molecule has 1 aliphatic rings. The fourth-order valence-corrected chi connectivity index (χ4v) is 4.65. The van der Waals surface area contributed by atoms with Gasteiger partial charge in [-0.3, -0.25) is 14.5 Å². The highest BCUT2D eigenvalue weighted by Gasteiger charge is 2.39. The average molecular weight is 492 g/mol. The van der Waals surface area contributed by atoms with Crippen LogP contribution < -0.4 is 10.1 Å². The Labute approximate surface area is 208 Å². The van der Waals surface area contributed by atoms with Crippen LogP contribution in [0, 0.1) is 5.82 Å². The summed E-state index contributed by atoms with van der Waals surface area (Å²) in [5.74, 6) is -0.0618. The number of anilines is 1. The first-order valence-corrected chi connectivity index (χ1v) is 12.3. The third-order valence-electron chi connectivity index (χ3n) is 5.24. The minimum atomic E-state index is -0.606. The topological polar surface area (TPSA) is 71.0 Å². The van der Waals surface area contributed by atoms with Crippen LogP contribution in [0.15, 0.2) is 83.9 Å². The summed E-state index contributed by atoms with van der Waals surface area (Å²) < 4.78 is 18.9. The third-order valence-corrected chi connectivity index (χ3v) is 6.41. The number of halogens is 1. The van der Waals surface area contributed by atoms with E-state index in [0.29, 0.717) is 29.7 Å². The first-order valence-electron chi connectivity index (χ1n) is 11.4. The van der Waals surface area contributed by atoms with E-state index in [9.17, 15) is 14.0 Å². The predicted octanol–water partition coefficient (Wildman–Crippen LogP) is 5.78. The van der Waals surface area contributed by atoms with Gasteiger partial charge in [0.1, 0.15) is 16.8 Å². The summed E-state index contributed by atoms with van der Waals surface area (Å²) in [5.41, 5.74) is 2.12. The quantitative estimate of drug-likeness (QED) is 0.412. The van der Waals surface area contributed by atoms with Crippen LogP contribution in [-0.2, 0) is 16.1 Å². The molecule has 0 aromatic heterocycles. The lowest BCUT2D eigenvalue weighted by atomic mass is 10.2. The molecule has 0 saturated carbocycles. The van der Waals surface area contributed by atoms with Crippen molar-refractivity contribution in [3.8, 4) is 5.75 Å². The molecule has 8 heteroatoms. The summed E-state index contributed by atoms with van der Waals surface area (Å²) in [6.07, 6.45) is 0.921. The molecule has 1 aliphatic heterocycles. The SMILES string of the molecule is CCCOc1ccc(NC(=O)C[C@H]2SC(=Nc3ccc(F)cc3)N(Cc3ccccc3)C2=O)cc1. The largest absolute Gasteiger partial charge is 0.494 e. The van der Waals surface area contributed by atoms with Crippen molar-refractivity contribution in [1.82, 2.24) is 4.90 Å². The number of rotatable bonds is 9. The van der Waals surface area contributed by atoms with Gasteiger partial charge in [-0.05, 0) is 60.5 Å². The highest BCUT2D eigenvalue weighted by atomic mass is 32.2. The van der Waals surface area contributed by atoms with Crippen molar-refractivity contribution in [2.24, 2.45) is 4.99 Å². The molecule has 4 rings (SSSR count). The summed E-state index contributed by atoms with van der Waals surface area (Å²) in [7, 11) is 0. The molecule has 0 spiro atoms. The molecule has 0 aliphatic carbocycles. The van der Waals surface area contributed by atoms with E-state index in [1.54, 1.807) is 41.3 Å². The van der Waals surface area contributed by atoms with E-state index in [2.05, 4.69) is 10.3 Å². The molecule has 3 aromatic carbocycles. The second-order valence-electron chi connectivity index (χ2n) is 8.01. The summed E-state index contributed by atoms with van der Waals surface area (Å²) >= 11 is 1.25. The molecule has 0 radical (unpaired) electrons. The number of carbonyl (C=O) groups is 2. The van der Waals surface area contributed by atoms with Crippen LogP contribution in [-0.4, -0.2) is 33.7 Å². The lowest BCUT2D eigenvalue weighted by Gasteiger charge is -2.16. The Morgan fingerprint density at radius 3 is 2.46 bits per heavy atom. The number of carbonyl (C=O) groups excluding carboxylic acids is 2. The van der Waals surface area contributed by atoms with E-state index in [1.165, 1.54) is 23.9 Å². The standard InChI is InChI=1S/C27H26FN3O3S/c1-2-16-34-23-14-12-21(13-15-23)29-25(32)17-24-26(33)31(18-19-6-4-3-5-7-19)27(35-24)30-22-10-8-20(28)9-11-22/h3-15,24H,2,16-18H2,1H3,(H,29,32)/t24-/m1/s1. The van der Waals surface area contributed by atoms with Crippen molar-refractivity contribution < 1.29 is 18.7 Å². The zero-order valence-corrected chi connectivity index (χ0v) is 20.1. The Morgan fingerprint density at radius 2 is 1.77 bits per heavy atom. The lowest BCUT2D eigenvalue weighted by molar-refractivity contribution is -0.128. The molecule has 2 amide bonds. The molecule has 6 nitrogen and oxygen atoms in total. The number of ether oxygens (including phenoxy) is 1. The van der Waals surface area contributed by atoms with E-state index in [4.69, 9.17) is 4.74 Å². The maximum Gasteiger partial charge on any atom is 0.242 e. The molecule has 1 N–H and O–H groups in total. The minimum absolute atomic E-state index is 0.00527. The van der Waals surface area contributed by atoms with E-state index < -0.39 is 5.25 Å². The summed E-state index contributed by atoms with van der Waals surface area (Å²) in [5, 5.41) is 2.73. The number of nitrogens with one attached hydrogen (secondary N) is 1. The van der Waals surface area contributed by atoms with Crippen molar-refractivity contribution in [2.45, 2.75) is 31.6 Å². The first kappa shape index (κ1) is 24.5. The summed E-state index contributed by atoms with van der Waals surface area (Å²) in [6.45, 7) is 3.01. The first-order chi connectivity index (χ1) is 17.0. The smallest absolute Gasteiger partial charge is 0.242 e. The van der Waals surface area contributed by atoms with Gasteiger partial charge in [0, 0.05) is 12.1 Å². The number of nitrogens with zero attached hydrogens (tertiary/aromatic N) is 2. The number of hydrogen-bond acceptors (Lipinski definition) is 5. The van der Waals surface area contributed by atoms with Crippen LogP contribution in [0.2, 0.25) is 0 Å². The van der Waals surface area contributed by atoms with Gasteiger partial charge in [0.05, 0.1) is 18.8 Å². The van der Waals surface area contributed by atoms with Gasteiger partial charge in [0.2, 0.25) is 11.8 Å². The highest BCUT2D eigenvalue weighted by Crippen LogP contribution is 2.33. The maximum absolute atomic E-state index is 13.3. The van der Waals surface area contributed by atoms with Crippen molar-refractivity contribution in [2.75, 3.05) is 11.9 Å². The average Bonchev–Trinajstić information content (AvgIpc) is 3.14. The van der Waals surface area contributed by atoms with Crippen LogP contribution in [0.1, 0.15) is 25.3 Å². The second-order valence-corrected chi connectivity index (χ2v) is 9.18. The third kappa shape index (κ3) is 6.70. The molecular formula is C27H26FN3O3S. The van der Waals surface area contributed by atoms with Gasteiger partial charge in [-0.1, -0.05) is 49.0 Å². The number of hydrogen-bond donors (Lipinski definition) is 1. The van der Waals surface area contributed by atoms with Gasteiger partial charge < -0.3 is 10.1 Å². The Balaban J connectivity index is 1.46. The van der Waals surface area contributed by atoms with Crippen LogP contribution in [0.4, 0.5) is 15.8 Å². The predicted molar refractivity (Wildman–Crippen MR) is 137 cm³/mol. The molecular weight excluding hydrogens is 465 g/mol. The highest BCUT2D eigenvalue weighted by molar-refractivity contribution is 8.15. The Hall–Kier alpha value is -3.65. The fraction of sp³-hybridized carbons (Fsp3) is 0.222. The number of thioether (sulfide) groups is 1. The van der Waals surface area contributed by atoms with Crippen LogP contribution >= 0.6 is 11.8 Å². The van der Waals surface area contributed by atoms with Gasteiger partial charge in [0.25, 0.3) is 0 Å². The number of amides is 2. The zero-order valence-electron chi connectivity index (χ0n) is 19.3. The van der Waals surface area contributed by atoms with E-state index in [1.807, 2.05) is 37.3 Å². The molecule has 0 unspecified atom stereocenters. The fourth-order valence-electron chi connectivity index (χ4n) is 3.50. The summed E-state index contributed by atoms with van der Waals surface area (Å²) in [6, 6.07) is 22.5. The lowest BCUT2D eigenvalue weighted by Crippen LogP contribution is -2.33. The Morgan fingerprint density at radius 1 is 1.06 bits per heavy atom. The van der Waals surface area contributed by atoms with E-state index >= 15 is 0 Å². The van der Waals surface area contributed by atoms with Crippen molar-refractivity contribution in [1.29, 1.82) is 0 Å². The molecule has 1 atom stereocenters. The van der Waals surface area contributed by atoms with Crippen molar-refractivity contribution in [3.05, 3.63) is 90.2 Å². The Bertz CT molecular complexity index is 1180. The number of aliphatic imine (C=N–C) groups is 1. The molecule has 0 bridgehead atoms. The second kappa shape index (κ2) is 11.7. The van der Waals surface area contributed by atoms with Crippen LogP contribution in [0.5, 0.6) is 5.75 Å². The van der Waals surface area contributed by atoms with Crippen molar-refractivity contribution in [3.63, 3.8) is 0 Å². The van der Waals surface area contributed by atoms with Gasteiger partial charge in [-0.25, -0.2) is 9.38 Å². The molecule has 1 heterocycles. The van der Waals surface area contributed by atoms with E-state index in [-0.39, 0.29) is 24.1 Å². The van der Waals surface area contributed by atoms with Crippen molar-refractivity contribution >= 4 is 40.1 Å². The molecule has 1 fully saturated rings. The normalized spacial score (nSPS) is 16.5. The Kier molecular flexibility index (Phi) is 8.15. The van der Waals surface area contributed by atoms with Crippen LogP contribution in [0.3, 0.4) is 0 Å². The van der Waals surface area contributed by atoms with Crippen LogP contribution in [0.25, 0.3) is 0 Å². The molecule has 3 aromatic rings. The monoisotopic (exact) mass is 491 g/mol. The molecule has 1 saturated heterocycles. The number of amidine groups is 1. The van der Waals surface area contributed by atoms with Gasteiger partial charge in [0.15, 0.2) is 5.17 Å². The summed E-state index contributed by atoms with van der Waals surface area (Å²) in [4.78, 5) is 32.2. The maximum atomic E-state index is 13.3. The minimum Gasteiger partial charge on any atom is -0.494 e. The zero-order chi connectivity index (χ0) is 24.6. The molecule has 180 valence electrons. The van der Waals surface area contributed by atoms with Gasteiger partial charge >= 0.3 is 0 Å². The van der Waals surface area contributed by atoms with Gasteiger partial charge in [-0.2, -0.15) is 0 Å². The number of benzene rings is 3. The van der Waals surface area contributed by atoms with Gasteiger partial charge in [-0.15, -0.1) is 0 Å². The van der Waals surface area contributed by atoms with E-state index in [0.717, 1.165) is 17.7 Å². The molecule has 35 heavy (non-hydrogen) atoms.